The Morgan fingerprint density at radius 3 is 2.70 bits per heavy atom. The Labute approximate surface area is 136 Å². The first-order chi connectivity index (χ1) is 10.9. The van der Waals surface area contributed by atoms with Crippen LogP contribution in [0.5, 0.6) is 0 Å². The number of nitrogens with one attached hydrogen (secondary N) is 1. The third-order valence-corrected chi connectivity index (χ3v) is 3.63. The monoisotopic (exact) mass is 321 g/mol. The Morgan fingerprint density at radius 2 is 2.00 bits per heavy atom. The minimum atomic E-state index is -0.523. The van der Waals surface area contributed by atoms with E-state index in [2.05, 4.69) is 5.32 Å². The third-order valence-electron chi connectivity index (χ3n) is 3.63. The van der Waals surface area contributed by atoms with Crippen LogP contribution >= 0.6 is 0 Å². The van der Waals surface area contributed by atoms with Crippen LogP contribution in [0.15, 0.2) is 30.3 Å². The highest BCUT2D eigenvalue weighted by molar-refractivity contribution is 5.68. The molecule has 0 bridgehead atoms. The van der Waals surface area contributed by atoms with Gasteiger partial charge in [-0.3, -0.25) is 0 Å². The summed E-state index contributed by atoms with van der Waals surface area (Å²) in [5.74, 6) is 0. The molecule has 23 heavy (non-hydrogen) atoms. The van der Waals surface area contributed by atoms with Gasteiger partial charge in [-0.25, -0.2) is 4.79 Å². The van der Waals surface area contributed by atoms with Gasteiger partial charge in [0.05, 0.1) is 19.3 Å². The Morgan fingerprint density at radius 1 is 1.26 bits per heavy atom. The van der Waals surface area contributed by atoms with Gasteiger partial charge in [0.2, 0.25) is 0 Å². The maximum Gasteiger partial charge on any atom is 0.408 e. The number of benzene rings is 1. The summed E-state index contributed by atoms with van der Waals surface area (Å²) in [6.45, 7) is 6.30. The van der Waals surface area contributed by atoms with Crippen molar-refractivity contribution in [1.29, 1.82) is 0 Å². The molecule has 0 spiro atoms. The minimum Gasteiger partial charge on any atom is -0.444 e. The summed E-state index contributed by atoms with van der Waals surface area (Å²) in [6.07, 6.45) is -1.05. The number of fused-ring (bicyclic) bond motifs is 1. The molecule has 2 aliphatic rings. The van der Waals surface area contributed by atoms with Crippen LogP contribution in [0, 0.1) is 0 Å². The van der Waals surface area contributed by atoms with E-state index in [0.717, 1.165) is 5.56 Å². The second-order valence-corrected chi connectivity index (χ2v) is 6.82. The lowest BCUT2D eigenvalue weighted by atomic mass is 10.1. The van der Waals surface area contributed by atoms with E-state index in [0.29, 0.717) is 13.2 Å². The Balaban J connectivity index is 1.44. The molecule has 2 saturated heterocycles. The van der Waals surface area contributed by atoms with Crippen LogP contribution < -0.4 is 5.32 Å². The molecular formula is C17H23NO5. The first kappa shape index (κ1) is 16.2. The van der Waals surface area contributed by atoms with Gasteiger partial charge in [-0.1, -0.05) is 30.3 Å². The van der Waals surface area contributed by atoms with E-state index in [-0.39, 0.29) is 18.2 Å². The summed E-state index contributed by atoms with van der Waals surface area (Å²) in [7, 11) is 0. The van der Waals surface area contributed by atoms with E-state index >= 15 is 0 Å². The Hall–Kier alpha value is -1.63. The molecule has 0 unspecified atom stereocenters. The van der Waals surface area contributed by atoms with Crippen molar-refractivity contribution < 1.29 is 23.7 Å². The number of epoxide rings is 1. The highest BCUT2D eigenvalue weighted by Crippen LogP contribution is 2.35. The molecule has 1 amide bonds. The largest absolute Gasteiger partial charge is 0.444 e. The molecule has 6 heteroatoms. The zero-order chi connectivity index (χ0) is 16.4. The smallest absolute Gasteiger partial charge is 0.408 e. The van der Waals surface area contributed by atoms with E-state index in [1.807, 2.05) is 51.1 Å². The maximum absolute atomic E-state index is 11.8. The van der Waals surface area contributed by atoms with Crippen molar-refractivity contribution >= 4 is 6.09 Å². The normalized spacial score (nSPS) is 29.5. The van der Waals surface area contributed by atoms with E-state index in [9.17, 15) is 4.79 Å². The van der Waals surface area contributed by atoms with Crippen molar-refractivity contribution in [1.82, 2.24) is 5.32 Å². The molecular weight excluding hydrogens is 298 g/mol. The third kappa shape index (κ3) is 4.43. The number of amides is 1. The molecule has 1 aromatic rings. The molecule has 0 aromatic heterocycles. The lowest BCUT2D eigenvalue weighted by Crippen LogP contribution is -2.49. The van der Waals surface area contributed by atoms with Gasteiger partial charge in [-0.2, -0.15) is 0 Å². The zero-order valence-corrected chi connectivity index (χ0v) is 13.7. The fourth-order valence-corrected chi connectivity index (χ4v) is 2.55. The van der Waals surface area contributed by atoms with Gasteiger partial charge in [-0.05, 0) is 26.3 Å². The van der Waals surface area contributed by atoms with Crippen molar-refractivity contribution in [2.24, 2.45) is 0 Å². The SMILES string of the molecule is CC(C)(C)OC(=O)N[C@H]1CO[C@H](OCc2ccccc2)[C@H]2O[C@H]21. The van der Waals surface area contributed by atoms with Crippen molar-refractivity contribution in [3.05, 3.63) is 35.9 Å². The summed E-state index contributed by atoms with van der Waals surface area (Å²) in [6, 6.07) is 9.71. The summed E-state index contributed by atoms with van der Waals surface area (Å²) in [5, 5.41) is 2.79. The quantitative estimate of drug-likeness (QED) is 0.861. The van der Waals surface area contributed by atoms with Crippen LogP contribution in [0.25, 0.3) is 0 Å². The van der Waals surface area contributed by atoms with Crippen molar-refractivity contribution in [3.8, 4) is 0 Å². The summed E-state index contributed by atoms with van der Waals surface area (Å²) in [4.78, 5) is 11.8. The van der Waals surface area contributed by atoms with E-state index in [4.69, 9.17) is 18.9 Å². The van der Waals surface area contributed by atoms with Crippen LogP contribution in [-0.2, 0) is 25.6 Å². The van der Waals surface area contributed by atoms with Crippen LogP contribution in [0.2, 0.25) is 0 Å². The summed E-state index contributed by atoms with van der Waals surface area (Å²) < 4.78 is 22.3. The number of carbonyl (C=O) groups excluding carboxylic acids is 1. The molecule has 2 aliphatic heterocycles. The van der Waals surface area contributed by atoms with Gasteiger partial charge < -0.3 is 24.3 Å². The highest BCUT2D eigenvalue weighted by Gasteiger charge is 2.55. The topological polar surface area (TPSA) is 69.3 Å². The molecule has 4 atom stereocenters. The average molecular weight is 321 g/mol. The average Bonchev–Trinajstić information content (AvgIpc) is 3.26. The standard InChI is InChI=1S/C17H23NO5/c1-17(2,3)23-16(19)18-12-10-21-15(14-13(12)22-14)20-9-11-7-5-4-6-8-11/h4-8,12-15H,9-10H2,1-3H3,(H,18,19)/t12-,13-,14-,15-/m0/s1. The molecule has 0 aliphatic carbocycles. The van der Waals surface area contributed by atoms with Crippen molar-refractivity contribution in [3.63, 3.8) is 0 Å². The maximum atomic E-state index is 11.8. The number of ether oxygens (including phenoxy) is 4. The van der Waals surface area contributed by atoms with Crippen LogP contribution in [0.1, 0.15) is 26.3 Å². The second-order valence-electron chi connectivity index (χ2n) is 6.82. The predicted molar refractivity (Wildman–Crippen MR) is 82.8 cm³/mol. The van der Waals surface area contributed by atoms with E-state index < -0.39 is 18.0 Å². The molecule has 0 radical (unpaired) electrons. The molecule has 1 aromatic carbocycles. The highest BCUT2D eigenvalue weighted by atomic mass is 16.7. The van der Waals surface area contributed by atoms with Gasteiger partial charge in [0.25, 0.3) is 0 Å². The first-order valence-corrected chi connectivity index (χ1v) is 7.84. The van der Waals surface area contributed by atoms with Crippen LogP contribution in [0.4, 0.5) is 4.79 Å². The molecule has 2 fully saturated rings. The van der Waals surface area contributed by atoms with E-state index in [1.54, 1.807) is 0 Å². The second kappa shape index (κ2) is 6.47. The van der Waals surface area contributed by atoms with Gasteiger partial charge in [0.15, 0.2) is 6.29 Å². The molecule has 3 rings (SSSR count). The van der Waals surface area contributed by atoms with Crippen LogP contribution in [-0.4, -0.2) is 42.8 Å². The number of rotatable bonds is 4. The molecule has 1 N–H and O–H groups in total. The lowest BCUT2D eigenvalue weighted by molar-refractivity contribution is -0.169. The Kier molecular flexibility index (Phi) is 4.57. The Bertz CT molecular complexity index is 542. The number of hydrogen-bond donors (Lipinski definition) is 1. The lowest BCUT2D eigenvalue weighted by Gasteiger charge is -2.27. The zero-order valence-electron chi connectivity index (χ0n) is 13.7. The van der Waals surface area contributed by atoms with E-state index in [1.165, 1.54) is 0 Å². The van der Waals surface area contributed by atoms with Crippen molar-refractivity contribution in [2.75, 3.05) is 6.61 Å². The van der Waals surface area contributed by atoms with Gasteiger partial charge in [-0.15, -0.1) is 0 Å². The number of alkyl carbamates (subject to hydrolysis) is 1. The van der Waals surface area contributed by atoms with Gasteiger partial charge >= 0.3 is 6.09 Å². The molecule has 126 valence electrons. The van der Waals surface area contributed by atoms with Crippen molar-refractivity contribution in [2.45, 2.75) is 57.5 Å². The molecule has 6 nitrogen and oxygen atoms in total. The predicted octanol–water partition coefficient (Wildman–Crippen LogP) is 2.22. The van der Waals surface area contributed by atoms with Gasteiger partial charge in [0, 0.05) is 0 Å². The number of hydrogen-bond acceptors (Lipinski definition) is 5. The minimum absolute atomic E-state index is 0.0722. The molecule has 2 heterocycles. The number of carbonyl (C=O) groups is 1. The first-order valence-electron chi connectivity index (χ1n) is 7.84. The fraction of sp³-hybridized carbons (Fsp3) is 0.588. The van der Waals surface area contributed by atoms with Gasteiger partial charge in [0.1, 0.15) is 17.8 Å². The van der Waals surface area contributed by atoms with Crippen LogP contribution in [0.3, 0.4) is 0 Å². The summed E-state index contributed by atoms with van der Waals surface area (Å²) >= 11 is 0. The molecule has 0 saturated carbocycles. The summed E-state index contributed by atoms with van der Waals surface area (Å²) in [5.41, 5.74) is 0.562. The fourth-order valence-electron chi connectivity index (χ4n) is 2.55.